The maximum absolute atomic E-state index is 12.3. The fourth-order valence-corrected chi connectivity index (χ4v) is 2.00. The quantitative estimate of drug-likeness (QED) is 0.882. The number of nitrogens with zero attached hydrogens (tertiary/aromatic N) is 1. The molecule has 0 spiro atoms. The molecule has 0 aliphatic heterocycles. The molecule has 2 aromatic rings. The van der Waals surface area contributed by atoms with Gasteiger partial charge in [-0.3, -0.25) is 4.79 Å². The van der Waals surface area contributed by atoms with E-state index >= 15 is 0 Å². The number of benzene rings is 2. The van der Waals surface area contributed by atoms with Gasteiger partial charge in [-0.15, -0.1) is 0 Å². The SMILES string of the molecule is COc1ccc(NC(=O)[C@@H](C)Oc2ccc(C#N)cc2)c(OC)c1. The van der Waals surface area contributed by atoms with Gasteiger partial charge >= 0.3 is 0 Å². The van der Waals surface area contributed by atoms with Crippen molar-refractivity contribution in [2.45, 2.75) is 13.0 Å². The average molecular weight is 326 g/mol. The van der Waals surface area contributed by atoms with Gasteiger partial charge in [-0.25, -0.2) is 0 Å². The van der Waals surface area contributed by atoms with Gasteiger partial charge in [-0.05, 0) is 43.3 Å². The van der Waals surface area contributed by atoms with Crippen molar-refractivity contribution in [2.75, 3.05) is 19.5 Å². The van der Waals surface area contributed by atoms with E-state index in [1.165, 1.54) is 7.11 Å². The predicted molar refractivity (Wildman–Crippen MR) is 89.4 cm³/mol. The van der Waals surface area contributed by atoms with E-state index in [1.54, 1.807) is 56.5 Å². The first-order valence-electron chi connectivity index (χ1n) is 7.27. The molecule has 2 aromatic carbocycles. The van der Waals surface area contributed by atoms with Crippen molar-refractivity contribution in [1.82, 2.24) is 0 Å². The minimum atomic E-state index is -0.718. The molecule has 0 saturated carbocycles. The predicted octanol–water partition coefficient (Wildman–Crippen LogP) is 2.98. The summed E-state index contributed by atoms with van der Waals surface area (Å²) in [6, 6.07) is 13.7. The number of hydrogen-bond acceptors (Lipinski definition) is 5. The summed E-state index contributed by atoms with van der Waals surface area (Å²) >= 11 is 0. The summed E-state index contributed by atoms with van der Waals surface area (Å²) in [5, 5.41) is 11.5. The second-order valence-corrected chi connectivity index (χ2v) is 4.95. The molecule has 1 N–H and O–H groups in total. The summed E-state index contributed by atoms with van der Waals surface area (Å²) in [4.78, 5) is 12.3. The number of nitriles is 1. The van der Waals surface area contributed by atoms with Crippen LogP contribution in [0, 0.1) is 11.3 Å². The Balaban J connectivity index is 2.04. The van der Waals surface area contributed by atoms with Crippen LogP contribution in [0.1, 0.15) is 12.5 Å². The molecule has 0 aliphatic carbocycles. The Morgan fingerprint density at radius 1 is 1.08 bits per heavy atom. The molecule has 0 fully saturated rings. The number of ether oxygens (including phenoxy) is 3. The second kappa shape index (κ2) is 7.88. The van der Waals surface area contributed by atoms with E-state index in [-0.39, 0.29) is 5.91 Å². The molecule has 1 atom stereocenters. The smallest absolute Gasteiger partial charge is 0.265 e. The van der Waals surface area contributed by atoms with E-state index in [0.717, 1.165) is 0 Å². The van der Waals surface area contributed by atoms with E-state index in [9.17, 15) is 4.79 Å². The highest BCUT2D eigenvalue weighted by Crippen LogP contribution is 2.29. The van der Waals surface area contributed by atoms with Gasteiger partial charge in [-0.1, -0.05) is 0 Å². The topological polar surface area (TPSA) is 80.6 Å². The number of nitrogens with one attached hydrogen (secondary N) is 1. The van der Waals surface area contributed by atoms with Gasteiger partial charge < -0.3 is 19.5 Å². The van der Waals surface area contributed by atoms with Gasteiger partial charge in [0.1, 0.15) is 17.2 Å². The summed E-state index contributed by atoms with van der Waals surface area (Å²) in [7, 11) is 3.07. The van der Waals surface area contributed by atoms with Crippen LogP contribution in [0.5, 0.6) is 17.2 Å². The Hall–Kier alpha value is -3.20. The van der Waals surface area contributed by atoms with Crippen molar-refractivity contribution in [3.8, 4) is 23.3 Å². The Morgan fingerprint density at radius 3 is 2.33 bits per heavy atom. The van der Waals surface area contributed by atoms with E-state index in [0.29, 0.717) is 28.5 Å². The maximum Gasteiger partial charge on any atom is 0.265 e. The molecule has 0 saturated heterocycles. The second-order valence-electron chi connectivity index (χ2n) is 4.95. The standard InChI is InChI=1S/C18H18N2O4/c1-12(24-14-6-4-13(11-19)5-7-14)18(21)20-16-9-8-15(22-2)10-17(16)23-3/h4-10,12H,1-3H3,(H,20,21)/t12-/m1/s1. The fourth-order valence-electron chi connectivity index (χ4n) is 2.00. The summed E-state index contributed by atoms with van der Waals surface area (Å²) in [5.74, 6) is 1.32. The summed E-state index contributed by atoms with van der Waals surface area (Å²) in [5.41, 5.74) is 1.06. The zero-order chi connectivity index (χ0) is 17.5. The molecule has 0 bridgehead atoms. The lowest BCUT2D eigenvalue weighted by Crippen LogP contribution is -2.30. The van der Waals surface area contributed by atoms with E-state index in [1.807, 2.05) is 6.07 Å². The summed E-state index contributed by atoms with van der Waals surface area (Å²) < 4.78 is 15.9. The van der Waals surface area contributed by atoms with Gasteiger partial charge in [0.25, 0.3) is 5.91 Å². The summed E-state index contributed by atoms with van der Waals surface area (Å²) in [6.45, 7) is 1.64. The minimum Gasteiger partial charge on any atom is -0.497 e. The van der Waals surface area contributed by atoms with Crippen molar-refractivity contribution < 1.29 is 19.0 Å². The van der Waals surface area contributed by atoms with Crippen molar-refractivity contribution in [1.29, 1.82) is 5.26 Å². The van der Waals surface area contributed by atoms with Gasteiger partial charge in [0.05, 0.1) is 31.5 Å². The molecule has 2 rings (SSSR count). The number of amides is 1. The Labute approximate surface area is 140 Å². The van der Waals surface area contributed by atoms with E-state index in [4.69, 9.17) is 19.5 Å². The first kappa shape index (κ1) is 17.2. The minimum absolute atomic E-state index is 0.317. The molecule has 24 heavy (non-hydrogen) atoms. The molecule has 124 valence electrons. The molecular weight excluding hydrogens is 308 g/mol. The largest absolute Gasteiger partial charge is 0.497 e. The molecule has 0 radical (unpaired) electrons. The molecular formula is C18H18N2O4. The number of methoxy groups -OCH3 is 2. The van der Waals surface area contributed by atoms with Crippen molar-refractivity contribution >= 4 is 11.6 Å². The zero-order valence-electron chi connectivity index (χ0n) is 13.7. The van der Waals surface area contributed by atoms with Gasteiger partial charge in [-0.2, -0.15) is 5.26 Å². The van der Waals surface area contributed by atoms with Crippen LogP contribution < -0.4 is 19.5 Å². The molecule has 0 heterocycles. The third-order valence-corrected chi connectivity index (χ3v) is 3.33. The highest BCUT2D eigenvalue weighted by molar-refractivity contribution is 5.95. The van der Waals surface area contributed by atoms with Crippen molar-refractivity contribution in [3.05, 3.63) is 48.0 Å². The maximum atomic E-state index is 12.3. The highest BCUT2D eigenvalue weighted by atomic mass is 16.5. The number of anilines is 1. The van der Waals surface area contributed by atoms with Gasteiger partial charge in [0, 0.05) is 6.07 Å². The van der Waals surface area contributed by atoms with Crippen LogP contribution in [-0.2, 0) is 4.79 Å². The molecule has 6 nitrogen and oxygen atoms in total. The zero-order valence-corrected chi connectivity index (χ0v) is 13.7. The van der Waals surface area contributed by atoms with Crippen LogP contribution in [-0.4, -0.2) is 26.2 Å². The van der Waals surface area contributed by atoms with Crippen LogP contribution in [0.25, 0.3) is 0 Å². The van der Waals surface area contributed by atoms with Crippen molar-refractivity contribution in [3.63, 3.8) is 0 Å². The Kier molecular flexibility index (Phi) is 5.63. The molecule has 6 heteroatoms. The first-order valence-corrected chi connectivity index (χ1v) is 7.27. The number of carbonyl (C=O) groups is 1. The number of hydrogen-bond donors (Lipinski definition) is 1. The third kappa shape index (κ3) is 4.17. The summed E-state index contributed by atoms with van der Waals surface area (Å²) in [6.07, 6.45) is -0.718. The molecule has 0 aliphatic rings. The Morgan fingerprint density at radius 2 is 1.75 bits per heavy atom. The lowest BCUT2D eigenvalue weighted by molar-refractivity contribution is -0.122. The normalized spacial score (nSPS) is 11.1. The van der Waals surface area contributed by atoms with Crippen LogP contribution in [0.3, 0.4) is 0 Å². The van der Waals surface area contributed by atoms with E-state index in [2.05, 4.69) is 5.32 Å². The third-order valence-electron chi connectivity index (χ3n) is 3.33. The molecule has 1 amide bonds. The highest BCUT2D eigenvalue weighted by Gasteiger charge is 2.17. The Bertz CT molecular complexity index is 751. The average Bonchev–Trinajstić information content (AvgIpc) is 2.62. The van der Waals surface area contributed by atoms with Crippen LogP contribution in [0.2, 0.25) is 0 Å². The lowest BCUT2D eigenvalue weighted by Gasteiger charge is -2.16. The van der Waals surface area contributed by atoms with Crippen LogP contribution in [0.4, 0.5) is 5.69 Å². The van der Waals surface area contributed by atoms with Gasteiger partial charge in [0.2, 0.25) is 0 Å². The number of rotatable bonds is 6. The molecule has 0 aromatic heterocycles. The first-order chi connectivity index (χ1) is 11.6. The fraction of sp³-hybridized carbons (Fsp3) is 0.222. The molecule has 0 unspecified atom stereocenters. The lowest BCUT2D eigenvalue weighted by atomic mass is 10.2. The van der Waals surface area contributed by atoms with Crippen LogP contribution in [0.15, 0.2) is 42.5 Å². The van der Waals surface area contributed by atoms with Gasteiger partial charge in [0.15, 0.2) is 6.10 Å². The van der Waals surface area contributed by atoms with Crippen LogP contribution >= 0.6 is 0 Å². The van der Waals surface area contributed by atoms with E-state index < -0.39 is 6.10 Å². The monoisotopic (exact) mass is 326 g/mol. The van der Waals surface area contributed by atoms with Crippen molar-refractivity contribution in [2.24, 2.45) is 0 Å². The number of carbonyl (C=O) groups excluding carboxylic acids is 1.